The van der Waals surface area contributed by atoms with E-state index >= 15 is 0 Å². The molecule has 0 atom stereocenters. The lowest BCUT2D eigenvalue weighted by molar-refractivity contribution is 0.285. The van der Waals surface area contributed by atoms with Crippen molar-refractivity contribution in [1.29, 1.82) is 0 Å². The summed E-state index contributed by atoms with van der Waals surface area (Å²) in [5, 5.41) is 3.48. The second-order valence-electron chi connectivity index (χ2n) is 5.21. The topological polar surface area (TPSA) is 21.3 Å². The molecule has 1 aliphatic heterocycles. The van der Waals surface area contributed by atoms with Crippen LogP contribution in [0.4, 0.5) is 0 Å². The van der Waals surface area contributed by atoms with E-state index in [0.29, 0.717) is 0 Å². The maximum atomic E-state index is 5.80. The first kappa shape index (κ1) is 12.4. The molecule has 2 nitrogen and oxygen atoms in total. The Bertz CT molecular complexity index is 360. The fraction of sp³-hybridized carbons (Fsp3) is 0.600. The van der Waals surface area contributed by atoms with Crippen molar-refractivity contribution in [3.8, 4) is 5.75 Å². The molecule has 94 valence electrons. The van der Waals surface area contributed by atoms with E-state index in [4.69, 9.17) is 4.74 Å². The summed E-state index contributed by atoms with van der Waals surface area (Å²) in [6, 6.07) is 6.55. The highest BCUT2D eigenvalue weighted by molar-refractivity contribution is 5.42. The number of hydrogen-bond acceptors (Lipinski definition) is 2. The Kier molecular flexibility index (Phi) is 4.43. The average molecular weight is 233 g/mol. The lowest BCUT2D eigenvalue weighted by atomic mass is 10.0. The van der Waals surface area contributed by atoms with Gasteiger partial charge in [0.05, 0.1) is 6.61 Å². The van der Waals surface area contributed by atoms with Gasteiger partial charge in [-0.2, -0.15) is 0 Å². The van der Waals surface area contributed by atoms with Crippen LogP contribution in [-0.4, -0.2) is 19.7 Å². The Balaban J connectivity index is 1.92. The van der Waals surface area contributed by atoms with E-state index in [-0.39, 0.29) is 0 Å². The molecule has 1 aliphatic rings. The smallest absolute Gasteiger partial charge is 0.125 e. The lowest BCUT2D eigenvalue weighted by Gasteiger charge is -2.20. The largest absolute Gasteiger partial charge is 0.493 e. The van der Waals surface area contributed by atoms with E-state index < -0.39 is 0 Å². The third-order valence-electron chi connectivity index (χ3n) is 3.14. The van der Waals surface area contributed by atoms with Gasteiger partial charge in [0, 0.05) is 0 Å². The summed E-state index contributed by atoms with van der Waals surface area (Å²) in [5.74, 6) is 1.88. The van der Waals surface area contributed by atoms with Crippen molar-refractivity contribution in [3.05, 3.63) is 29.3 Å². The van der Waals surface area contributed by atoms with E-state index in [0.717, 1.165) is 44.2 Å². The first-order valence-corrected chi connectivity index (χ1v) is 6.71. The molecular formula is C15H23NO. The van der Waals surface area contributed by atoms with Gasteiger partial charge in [-0.05, 0) is 49.4 Å². The van der Waals surface area contributed by atoms with Crippen molar-refractivity contribution in [2.24, 2.45) is 5.92 Å². The van der Waals surface area contributed by atoms with E-state index in [9.17, 15) is 0 Å². The predicted molar refractivity (Wildman–Crippen MR) is 71.7 cm³/mol. The van der Waals surface area contributed by atoms with E-state index in [1.807, 2.05) is 0 Å². The molecule has 0 radical (unpaired) electrons. The highest BCUT2D eigenvalue weighted by atomic mass is 16.5. The van der Waals surface area contributed by atoms with Crippen LogP contribution >= 0.6 is 0 Å². The molecule has 0 saturated carbocycles. The quantitative estimate of drug-likeness (QED) is 0.790. The van der Waals surface area contributed by atoms with Crippen molar-refractivity contribution in [2.75, 3.05) is 19.7 Å². The highest BCUT2D eigenvalue weighted by Gasteiger charge is 2.13. The van der Waals surface area contributed by atoms with Crippen LogP contribution in [0, 0.1) is 5.92 Å². The van der Waals surface area contributed by atoms with Gasteiger partial charge < -0.3 is 10.1 Å². The zero-order valence-corrected chi connectivity index (χ0v) is 11.0. The van der Waals surface area contributed by atoms with Crippen molar-refractivity contribution < 1.29 is 4.74 Å². The number of rotatable bonds is 5. The molecule has 1 aromatic rings. The summed E-state index contributed by atoms with van der Waals surface area (Å²) in [4.78, 5) is 0. The van der Waals surface area contributed by atoms with Crippen LogP contribution in [0.3, 0.4) is 0 Å². The first-order chi connectivity index (χ1) is 8.27. The van der Waals surface area contributed by atoms with Gasteiger partial charge in [0.2, 0.25) is 0 Å². The van der Waals surface area contributed by atoms with Gasteiger partial charge in [0.25, 0.3) is 0 Å². The van der Waals surface area contributed by atoms with Gasteiger partial charge in [-0.1, -0.05) is 32.0 Å². The maximum absolute atomic E-state index is 5.80. The first-order valence-electron chi connectivity index (χ1n) is 6.71. The molecule has 1 N–H and O–H groups in total. The summed E-state index contributed by atoms with van der Waals surface area (Å²) in [6.45, 7) is 7.48. The zero-order chi connectivity index (χ0) is 12.1. The summed E-state index contributed by atoms with van der Waals surface area (Å²) in [5.41, 5.74) is 2.75. The standard InChI is InChI=1S/C15H23NO/c1-12(2)11-16-9-8-14-6-3-5-13-7-4-10-17-15(13)14/h3,5-6,12,16H,4,7-11H2,1-2H3. The predicted octanol–water partition coefficient (Wildman–Crippen LogP) is 2.80. The Morgan fingerprint density at radius 3 is 3.06 bits per heavy atom. The fourth-order valence-corrected chi connectivity index (χ4v) is 2.27. The van der Waals surface area contributed by atoms with Gasteiger partial charge in [0.15, 0.2) is 0 Å². The van der Waals surface area contributed by atoms with Crippen molar-refractivity contribution >= 4 is 0 Å². The number of aryl methyl sites for hydroxylation is 1. The van der Waals surface area contributed by atoms with Crippen LogP contribution in [0.25, 0.3) is 0 Å². The van der Waals surface area contributed by atoms with Crippen LogP contribution in [-0.2, 0) is 12.8 Å². The minimum absolute atomic E-state index is 0.718. The van der Waals surface area contributed by atoms with Crippen molar-refractivity contribution in [1.82, 2.24) is 5.32 Å². The second-order valence-corrected chi connectivity index (χ2v) is 5.21. The molecule has 1 aromatic carbocycles. The molecule has 0 spiro atoms. The summed E-state index contributed by atoms with van der Waals surface area (Å²) >= 11 is 0. The monoisotopic (exact) mass is 233 g/mol. The van der Waals surface area contributed by atoms with Gasteiger partial charge in [-0.3, -0.25) is 0 Å². The van der Waals surface area contributed by atoms with E-state index in [1.165, 1.54) is 17.5 Å². The minimum Gasteiger partial charge on any atom is -0.493 e. The van der Waals surface area contributed by atoms with E-state index in [1.54, 1.807) is 0 Å². The minimum atomic E-state index is 0.718. The van der Waals surface area contributed by atoms with Gasteiger partial charge in [-0.15, -0.1) is 0 Å². The lowest BCUT2D eigenvalue weighted by Crippen LogP contribution is -2.22. The van der Waals surface area contributed by atoms with Gasteiger partial charge in [0.1, 0.15) is 5.75 Å². The third-order valence-corrected chi connectivity index (χ3v) is 3.14. The molecule has 0 saturated heterocycles. The molecule has 1 heterocycles. The van der Waals surface area contributed by atoms with Crippen LogP contribution in [0.15, 0.2) is 18.2 Å². The average Bonchev–Trinajstić information content (AvgIpc) is 2.34. The SMILES string of the molecule is CC(C)CNCCc1cccc2c1OCCC2. The second kappa shape index (κ2) is 6.06. The molecule has 0 fully saturated rings. The number of ether oxygens (including phenoxy) is 1. The summed E-state index contributed by atoms with van der Waals surface area (Å²) in [6.07, 6.45) is 3.39. The van der Waals surface area contributed by atoms with Crippen molar-refractivity contribution in [2.45, 2.75) is 33.1 Å². The highest BCUT2D eigenvalue weighted by Crippen LogP contribution is 2.28. The molecule has 17 heavy (non-hydrogen) atoms. The fourth-order valence-electron chi connectivity index (χ4n) is 2.27. The zero-order valence-electron chi connectivity index (χ0n) is 11.0. The molecule has 0 aliphatic carbocycles. The molecule has 2 rings (SSSR count). The number of benzene rings is 1. The molecule has 0 aromatic heterocycles. The van der Waals surface area contributed by atoms with Gasteiger partial charge in [-0.25, -0.2) is 0 Å². The van der Waals surface area contributed by atoms with Crippen LogP contribution < -0.4 is 10.1 Å². The molecule has 0 bridgehead atoms. The van der Waals surface area contributed by atoms with Crippen molar-refractivity contribution in [3.63, 3.8) is 0 Å². The summed E-state index contributed by atoms with van der Waals surface area (Å²) in [7, 11) is 0. The Morgan fingerprint density at radius 1 is 1.35 bits per heavy atom. The number of fused-ring (bicyclic) bond motifs is 1. The third kappa shape index (κ3) is 3.47. The molecular weight excluding hydrogens is 210 g/mol. The Labute approximate surface area is 104 Å². The van der Waals surface area contributed by atoms with Crippen LogP contribution in [0.2, 0.25) is 0 Å². The number of para-hydroxylation sites is 1. The molecule has 0 unspecified atom stereocenters. The molecule has 0 amide bonds. The molecule has 2 heteroatoms. The van der Waals surface area contributed by atoms with Gasteiger partial charge >= 0.3 is 0 Å². The summed E-state index contributed by atoms with van der Waals surface area (Å²) < 4.78 is 5.80. The van der Waals surface area contributed by atoms with Crippen LogP contribution in [0.5, 0.6) is 5.75 Å². The Morgan fingerprint density at radius 2 is 2.24 bits per heavy atom. The number of hydrogen-bond donors (Lipinski definition) is 1. The van der Waals surface area contributed by atoms with Crippen LogP contribution in [0.1, 0.15) is 31.4 Å². The van der Waals surface area contributed by atoms with E-state index in [2.05, 4.69) is 37.4 Å². The number of nitrogens with one attached hydrogen (secondary N) is 1. The normalized spacial score (nSPS) is 14.5. The Hall–Kier alpha value is -1.02. The maximum Gasteiger partial charge on any atom is 0.125 e.